The molecule has 1 fully saturated rings. The Morgan fingerprint density at radius 1 is 1.12 bits per heavy atom. The number of hydrogen-bond donors (Lipinski definition) is 1. The molecule has 138 valence electrons. The van der Waals surface area contributed by atoms with Crippen molar-refractivity contribution in [3.05, 3.63) is 35.4 Å². The number of nitrogens with zero attached hydrogens (tertiary/aromatic N) is 3. The Morgan fingerprint density at radius 3 is 2.36 bits per heavy atom. The van der Waals surface area contributed by atoms with E-state index in [4.69, 9.17) is 9.73 Å². The molecule has 0 atom stereocenters. The van der Waals surface area contributed by atoms with Gasteiger partial charge in [-0.25, -0.2) is 4.99 Å². The molecule has 6 heteroatoms. The van der Waals surface area contributed by atoms with E-state index in [1.165, 1.54) is 11.1 Å². The highest BCUT2D eigenvalue weighted by Crippen LogP contribution is 2.12. The van der Waals surface area contributed by atoms with Gasteiger partial charge < -0.3 is 19.9 Å². The van der Waals surface area contributed by atoms with Gasteiger partial charge in [-0.1, -0.05) is 24.3 Å². The van der Waals surface area contributed by atoms with Gasteiger partial charge in [-0.3, -0.25) is 4.79 Å². The first kappa shape index (κ1) is 19.2. The van der Waals surface area contributed by atoms with Gasteiger partial charge in [0.05, 0.1) is 13.2 Å². The maximum absolute atomic E-state index is 11.5. The van der Waals surface area contributed by atoms with E-state index in [2.05, 4.69) is 29.3 Å². The van der Waals surface area contributed by atoms with Crippen molar-refractivity contribution in [3.63, 3.8) is 0 Å². The van der Waals surface area contributed by atoms with Crippen LogP contribution in [0, 0.1) is 0 Å². The third-order valence-corrected chi connectivity index (χ3v) is 4.34. The van der Waals surface area contributed by atoms with E-state index in [0.29, 0.717) is 19.8 Å². The first-order valence-corrected chi connectivity index (χ1v) is 9.09. The van der Waals surface area contributed by atoms with Gasteiger partial charge in [0.1, 0.15) is 0 Å². The maximum Gasteiger partial charge on any atom is 0.219 e. The van der Waals surface area contributed by atoms with Crippen molar-refractivity contribution in [2.75, 3.05) is 39.3 Å². The average molecular weight is 346 g/mol. The predicted molar refractivity (Wildman–Crippen MR) is 100 cm³/mol. The Balaban J connectivity index is 2.04. The van der Waals surface area contributed by atoms with Crippen molar-refractivity contribution in [1.82, 2.24) is 15.1 Å². The van der Waals surface area contributed by atoms with E-state index in [9.17, 15) is 4.79 Å². The van der Waals surface area contributed by atoms with E-state index in [1.807, 2.05) is 24.0 Å². The normalized spacial score (nSPS) is 15.4. The quantitative estimate of drug-likeness (QED) is 0.631. The van der Waals surface area contributed by atoms with E-state index >= 15 is 0 Å². The first-order valence-electron chi connectivity index (χ1n) is 9.09. The molecular formula is C19H30N4O2. The van der Waals surface area contributed by atoms with Gasteiger partial charge >= 0.3 is 0 Å². The van der Waals surface area contributed by atoms with Crippen LogP contribution in [0.1, 0.15) is 31.9 Å². The minimum atomic E-state index is 0.145. The van der Waals surface area contributed by atoms with E-state index < -0.39 is 0 Å². The molecule has 2 rings (SSSR count). The summed E-state index contributed by atoms with van der Waals surface area (Å²) < 4.78 is 5.55. The highest BCUT2D eigenvalue weighted by molar-refractivity contribution is 5.80. The molecule has 1 heterocycles. The highest BCUT2D eigenvalue weighted by atomic mass is 16.5. The summed E-state index contributed by atoms with van der Waals surface area (Å²) in [6.07, 6.45) is 0. The van der Waals surface area contributed by atoms with Crippen molar-refractivity contribution in [3.8, 4) is 0 Å². The molecule has 0 aromatic heterocycles. The van der Waals surface area contributed by atoms with Gasteiger partial charge in [0.15, 0.2) is 5.96 Å². The molecule has 1 aromatic rings. The van der Waals surface area contributed by atoms with Crippen LogP contribution in [0.5, 0.6) is 0 Å². The lowest BCUT2D eigenvalue weighted by molar-refractivity contribution is -0.130. The summed E-state index contributed by atoms with van der Waals surface area (Å²) in [4.78, 5) is 20.4. The molecule has 0 unspecified atom stereocenters. The molecule has 1 N–H and O–H groups in total. The minimum Gasteiger partial charge on any atom is -0.377 e. The van der Waals surface area contributed by atoms with Crippen LogP contribution in [0.15, 0.2) is 29.3 Å². The third-order valence-electron chi connectivity index (χ3n) is 4.34. The van der Waals surface area contributed by atoms with Gasteiger partial charge in [-0.2, -0.15) is 0 Å². The summed E-state index contributed by atoms with van der Waals surface area (Å²) in [6.45, 7) is 11.6. The predicted octanol–water partition coefficient (Wildman–Crippen LogP) is 1.85. The monoisotopic (exact) mass is 346 g/mol. The van der Waals surface area contributed by atoms with Gasteiger partial charge in [0.25, 0.3) is 0 Å². The first-order chi connectivity index (χ1) is 12.2. The second-order valence-electron chi connectivity index (χ2n) is 6.07. The van der Waals surface area contributed by atoms with Crippen LogP contribution in [0.3, 0.4) is 0 Å². The fraction of sp³-hybridized carbons (Fsp3) is 0.579. The number of ether oxygens (including phenoxy) is 1. The van der Waals surface area contributed by atoms with Crippen LogP contribution < -0.4 is 5.32 Å². The average Bonchev–Trinajstić information content (AvgIpc) is 2.64. The molecule has 25 heavy (non-hydrogen) atoms. The van der Waals surface area contributed by atoms with Crippen LogP contribution >= 0.6 is 0 Å². The second-order valence-corrected chi connectivity index (χ2v) is 6.07. The standard InChI is InChI=1S/C19H30N4O2/c1-4-20-19(23-12-10-22(11-13-23)16(3)24)21-14-17-8-6-7-9-18(17)15-25-5-2/h6-9H,4-5,10-15H2,1-3H3,(H,20,21). The van der Waals surface area contributed by atoms with Crippen molar-refractivity contribution < 1.29 is 9.53 Å². The number of hydrogen-bond acceptors (Lipinski definition) is 3. The molecule has 0 aliphatic carbocycles. The van der Waals surface area contributed by atoms with E-state index in [1.54, 1.807) is 6.92 Å². The lowest BCUT2D eigenvalue weighted by Crippen LogP contribution is -2.53. The van der Waals surface area contributed by atoms with Gasteiger partial charge in [-0.15, -0.1) is 0 Å². The lowest BCUT2D eigenvalue weighted by Gasteiger charge is -2.36. The fourth-order valence-corrected chi connectivity index (χ4v) is 2.88. The van der Waals surface area contributed by atoms with Crippen LogP contribution in [0.4, 0.5) is 0 Å². The number of rotatable bonds is 6. The topological polar surface area (TPSA) is 57.2 Å². The number of piperazine rings is 1. The number of benzene rings is 1. The van der Waals surface area contributed by atoms with Crippen LogP contribution in [0.2, 0.25) is 0 Å². The Bertz CT molecular complexity index is 581. The summed E-state index contributed by atoms with van der Waals surface area (Å²) >= 11 is 0. The number of carbonyl (C=O) groups is 1. The van der Waals surface area contributed by atoms with Crippen LogP contribution in [-0.2, 0) is 22.7 Å². The molecular weight excluding hydrogens is 316 g/mol. The number of guanidine groups is 1. The van der Waals surface area contributed by atoms with Crippen molar-refractivity contribution in [2.45, 2.75) is 33.9 Å². The zero-order valence-electron chi connectivity index (χ0n) is 15.6. The molecule has 0 spiro atoms. The zero-order chi connectivity index (χ0) is 18.1. The summed E-state index contributed by atoms with van der Waals surface area (Å²) in [5.41, 5.74) is 2.37. The molecule has 0 bridgehead atoms. The second kappa shape index (κ2) is 10.0. The van der Waals surface area contributed by atoms with Gasteiger partial charge in [-0.05, 0) is 25.0 Å². The summed E-state index contributed by atoms with van der Waals surface area (Å²) in [7, 11) is 0. The molecule has 1 aromatic carbocycles. The van der Waals surface area contributed by atoms with Crippen LogP contribution in [0.25, 0.3) is 0 Å². The molecule has 1 aliphatic heterocycles. The van der Waals surface area contributed by atoms with Gasteiger partial charge in [0.2, 0.25) is 5.91 Å². The summed E-state index contributed by atoms with van der Waals surface area (Å²) in [5, 5.41) is 3.37. The molecule has 1 amide bonds. The number of nitrogens with one attached hydrogen (secondary N) is 1. The van der Waals surface area contributed by atoms with E-state index in [-0.39, 0.29) is 5.91 Å². The van der Waals surface area contributed by atoms with Crippen LogP contribution in [-0.4, -0.2) is 61.0 Å². The summed E-state index contributed by atoms with van der Waals surface area (Å²) in [5.74, 6) is 1.06. The van der Waals surface area contributed by atoms with Gasteiger partial charge in [0, 0.05) is 46.3 Å². The smallest absolute Gasteiger partial charge is 0.219 e. The van der Waals surface area contributed by atoms with E-state index in [0.717, 1.165) is 38.7 Å². The fourth-order valence-electron chi connectivity index (χ4n) is 2.88. The minimum absolute atomic E-state index is 0.145. The number of carbonyl (C=O) groups excluding carboxylic acids is 1. The number of aliphatic imine (C=N–C) groups is 1. The lowest BCUT2D eigenvalue weighted by atomic mass is 10.1. The molecule has 6 nitrogen and oxygen atoms in total. The third kappa shape index (κ3) is 5.74. The number of amides is 1. The molecule has 1 saturated heterocycles. The Labute approximate surface area is 150 Å². The maximum atomic E-state index is 11.5. The van der Waals surface area contributed by atoms with Crippen molar-refractivity contribution >= 4 is 11.9 Å². The Morgan fingerprint density at radius 2 is 1.76 bits per heavy atom. The molecule has 0 saturated carbocycles. The Kier molecular flexibility index (Phi) is 7.73. The largest absolute Gasteiger partial charge is 0.377 e. The van der Waals surface area contributed by atoms with Crippen molar-refractivity contribution in [1.29, 1.82) is 0 Å². The zero-order valence-corrected chi connectivity index (χ0v) is 15.6. The van der Waals surface area contributed by atoms with Crippen molar-refractivity contribution in [2.24, 2.45) is 4.99 Å². The SMILES string of the molecule is CCNC(=NCc1ccccc1COCC)N1CCN(C(C)=O)CC1. The summed E-state index contributed by atoms with van der Waals surface area (Å²) in [6, 6.07) is 8.28. The Hall–Kier alpha value is -2.08. The highest BCUT2D eigenvalue weighted by Gasteiger charge is 2.20. The molecule has 1 aliphatic rings. The molecule has 0 radical (unpaired) electrons.